The van der Waals surface area contributed by atoms with Crippen LogP contribution in [0.3, 0.4) is 0 Å². The molecule has 7 heteroatoms. The van der Waals surface area contributed by atoms with Crippen LogP contribution in [0.2, 0.25) is 5.15 Å². The maximum Gasteiger partial charge on any atom is 0.337 e. The molecule has 1 aliphatic heterocycles. The van der Waals surface area contributed by atoms with Crippen LogP contribution in [0.4, 0.5) is 0 Å². The Balaban J connectivity index is 1.48. The number of hydrogen-bond acceptors (Lipinski definition) is 4. The van der Waals surface area contributed by atoms with E-state index in [1.807, 2.05) is 35.2 Å². The first-order chi connectivity index (χ1) is 14.5. The highest BCUT2D eigenvalue weighted by molar-refractivity contribution is 6.29. The predicted molar refractivity (Wildman–Crippen MR) is 115 cm³/mol. The van der Waals surface area contributed by atoms with Gasteiger partial charge in [-0.05, 0) is 48.5 Å². The molecule has 3 heterocycles. The topological polar surface area (TPSA) is 75.3 Å². The molecule has 1 N–H and O–H groups in total. The summed E-state index contributed by atoms with van der Waals surface area (Å²) in [4.78, 5) is 34.6. The summed E-state index contributed by atoms with van der Waals surface area (Å²) in [5, 5.41) is 2.25. The summed E-state index contributed by atoms with van der Waals surface area (Å²) in [6, 6.07) is 14.5. The maximum absolute atomic E-state index is 13.2. The van der Waals surface area contributed by atoms with Gasteiger partial charge in [-0.3, -0.25) is 4.79 Å². The molecule has 2 aromatic carbocycles. The van der Waals surface area contributed by atoms with Gasteiger partial charge in [0, 0.05) is 52.6 Å². The number of nitrogens with zero attached hydrogens (tertiary/aromatic N) is 2. The van der Waals surface area contributed by atoms with Gasteiger partial charge in [-0.25, -0.2) is 9.78 Å². The molecule has 4 aromatic rings. The standard InChI is InChI=1S/C23H18ClN3O3/c1-30-23(29)15-3-6-19-16(11-15)17-12-27(9-8-20(17)25-19)22(28)14-2-5-18-13(10-14)4-7-21(24)26-18/h2-7,10-11,25H,8-9,12H2,1H3. The van der Waals surface area contributed by atoms with Crippen molar-refractivity contribution >= 4 is 45.3 Å². The van der Waals surface area contributed by atoms with Crippen LogP contribution in [0.15, 0.2) is 48.5 Å². The minimum atomic E-state index is -0.375. The summed E-state index contributed by atoms with van der Waals surface area (Å²) >= 11 is 5.95. The molecule has 0 atom stereocenters. The molecule has 0 saturated heterocycles. The third kappa shape index (κ3) is 3.09. The average molecular weight is 420 g/mol. The minimum absolute atomic E-state index is 0.0315. The van der Waals surface area contributed by atoms with Gasteiger partial charge in [-0.1, -0.05) is 11.6 Å². The summed E-state index contributed by atoms with van der Waals surface area (Å²) in [5.74, 6) is -0.406. The Morgan fingerprint density at radius 2 is 1.93 bits per heavy atom. The Kier molecular flexibility index (Phi) is 4.44. The molecule has 0 fully saturated rings. The van der Waals surface area contributed by atoms with Crippen molar-refractivity contribution < 1.29 is 14.3 Å². The van der Waals surface area contributed by atoms with Crippen LogP contribution < -0.4 is 0 Å². The minimum Gasteiger partial charge on any atom is -0.465 e. The van der Waals surface area contributed by atoms with E-state index in [4.69, 9.17) is 16.3 Å². The highest BCUT2D eigenvalue weighted by Crippen LogP contribution is 2.30. The molecule has 5 rings (SSSR count). The number of benzene rings is 2. The van der Waals surface area contributed by atoms with E-state index in [0.717, 1.165) is 39.5 Å². The molecule has 30 heavy (non-hydrogen) atoms. The van der Waals surface area contributed by atoms with Crippen LogP contribution in [-0.4, -0.2) is 40.4 Å². The number of methoxy groups -OCH3 is 1. The van der Waals surface area contributed by atoms with Gasteiger partial charge >= 0.3 is 5.97 Å². The number of esters is 1. The second-order valence-corrected chi connectivity index (χ2v) is 7.74. The highest BCUT2D eigenvalue weighted by atomic mass is 35.5. The fraction of sp³-hybridized carbons (Fsp3) is 0.174. The van der Waals surface area contributed by atoms with Gasteiger partial charge in [0.2, 0.25) is 0 Å². The van der Waals surface area contributed by atoms with E-state index in [1.165, 1.54) is 7.11 Å². The molecular formula is C23H18ClN3O3. The van der Waals surface area contributed by atoms with Crippen LogP contribution >= 0.6 is 11.6 Å². The van der Waals surface area contributed by atoms with E-state index in [1.54, 1.807) is 18.2 Å². The van der Waals surface area contributed by atoms with Crippen molar-refractivity contribution in [2.45, 2.75) is 13.0 Å². The molecule has 0 spiro atoms. The van der Waals surface area contributed by atoms with Gasteiger partial charge in [0.05, 0.1) is 18.2 Å². The number of carbonyl (C=O) groups excluding carboxylic acids is 2. The fourth-order valence-corrected chi connectivity index (χ4v) is 4.20. The number of fused-ring (bicyclic) bond motifs is 4. The maximum atomic E-state index is 13.2. The lowest BCUT2D eigenvalue weighted by atomic mass is 10.0. The SMILES string of the molecule is COC(=O)c1ccc2[nH]c3c(c2c1)CN(C(=O)c1ccc2nc(Cl)ccc2c1)CC3. The molecule has 0 radical (unpaired) electrons. The first kappa shape index (κ1) is 18.6. The van der Waals surface area contributed by atoms with Crippen LogP contribution in [0, 0.1) is 0 Å². The quantitative estimate of drug-likeness (QED) is 0.387. The third-order valence-electron chi connectivity index (χ3n) is 5.59. The highest BCUT2D eigenvalue weighted by Gasteiger charge is 2.25. The van der Waals surface area contributed by atoms with Crippen molar-refractivity contribution in [1.82, 2.24) is 14.9 Å². The lowest BCUT2D eigenvalue weighted by molar-refractivity contribution is 0.0600. The number of halogens is 1. The first-order valence-corrected chi connectivity index (χ1v) is 9.98. The summed E-state index contributed by atoms with van der Waals surface area (Å²) in [6.07, 6.45) is 0.730. The molecule has 0 saturated carbocycles. The molecular weight excluding hydrogens is 402 g/mol. The number of nitrogens with one attached hydrogen (secondary N) is 1. The largest absolute Gasteiger partial charge is 0.465 e. The molecule has 0 bridgehead atoms. The zero-order valence-electron chi connectivity index (χ0n) is 16.2. The number of H-pyrrole nitrogens is 1. The van der Waals surface area contributed by atoms with E-state index < -0.39 is 0 Å². The van der Waals surface area contributed by atoms with Crippen LogP contribution in [0.25, 0.3) is 21.8 Å². The second-order valence-electron chi connectivity index (χ2n) is 7.35. The Hall–Kier alpha value is -3.38. The molecule has 0 unspecified atom stereocenters. The van der Waals surface area contributed by atoms with Gasteiger partial charge < -0.3 is 14.6 Å². The number of aromatic nitrogens is 2. The number of hydrogen-bond donors (Lipinski definition) is 1. The Morgan fingerprint density at radius 3 is 2.77 bits per heavy atom. The van der Waals surface area contributed by atoms with Crippen LogP contribution in [0.5, 0.6) is 0 Å². The molecule has 0 aliphatic carbocycles. The normalized spacial score (nSPS) is 13.5. The molecule has 6 nitrogen and oxygen atoms in total. The second kappa shape index (κ2) is 7.15. The van der Waals surface area contributed by atoms with Gasteiger partial charge in [0.15, 0.2) is 0 Å². The summed E-state index contributed by atoms with van der Waals surface area (Å²) in [6.45, 7) is 1.11. The number of carbonyl (C=O) groups is 2. The van der Waals surface area contributed by atoms with Gasteiger partial charge in [-0.15, -0.1) is 0 Å². The Labute approximate surface area is 177 Å². The monoisotopic (exact) mass is 419 g/mol. The number of rotatable bonds is 2. The third-order valence-corrected chi connectivity index (χ3v) is 5.80. The van der Waals surface area contributed by atoms with E-state index in [9.17, 15) is 9.59 Å². The number of aromatic amines is 1. The van der Waals surface area contributed by atoms with Crippen molar-refractivity contribution in [2.24, 2.45) is 0 Å². The van der Waals surface area contributed by atoms with Crippen LogP contribution in [0.1, 0.15) is 32.0 Å². The first-order valence-electron chi connectivity index (χ1n) is 9.61. The predicted octanol–water partition coefficient (Wildman–Crippen LogP) is 4.35. The smallest absolute Gasteiger partial charge is 0.337 e. The number of pyridine rings is 1. The number of amides is 1. The fourth-order valence-electron chi connectivity index (χ4n) is 4.05. The summed E-state index contributed by atoms with van der Waals surface area (Å²) in [5.41, 5.74) is 4.97. The molecule has 2 aromatic heterocycles. The molecule has 1 amide bonds. The number of ether oxygens (including phenoxy) is 1. The zero-order chi connectivity index (χ0) is 20.8. The van der Waals surface area contributed by atoms with Gasteiger partial charge in [0.25, 0.3) is 5.91 Å². The van der Waals surface area contributed by atoms with E-state index in [2.05, 4.69) is 9.97 Å². The zero-order valence-corrected chi connectivity index (χ0v) is 17.0. The van der Waals surface area contributed by atoms with Gasteiger partial charge in [0.1, 0.15) is 5.15 Å². The van der Waals surface area contributed by atoms with E-state index in [0.29, 0.717) is 29.4 Å². The van der Waals surface area contributed by atoms with E-state index in [-0.39, 0.29) is 11.9 Å². The molecule has 150 valence electrons. The summed E-state index contributed by atoms with van der Waals surface area (Å²) < 4.78 is 4.84. The van der Waals surface area contributed by atoms with Gasteiger partial charge in [-0.2, -0.15) is 0 Å². The Morgan fingerprint density at radius 1 is 1.10 bits per heavy atom. The molecule has 1 aliphatic rings. The summed E-state index contributed by atoms with van der Waals surface area (Å²) in [7, 11) is 1.37. The average Bonchev–Trinajstić information content (AvgIpc) is 3.14. The van der Waals surface area contributed by atoms with Crippen LogP contribution in [-0.2, 0) is 17.7 Å². The van der Waals surface area contributed by atoms with E-state index >= 15 is 0 Å². The lowest BCUT2D eigenvalue weighted by Crippen LogP contribution is -2.35. The van der Waals surface area contributed by atoms with Crippen molar-refractivity contribution in [3.8, 4) is 0 Å². The van der Waals surface area contributed by atoms with Crippen molar-refractivity contribution in [3.63, 3.8) is 0 Å². The lowest BCUT2D eigenvalue weighted by Gasteiger charge is -2.27. The van der Waals surface area contributed by atoms with Crippen molar-refractivity contribution in [1.29, 1.82) is 0 Å². The van der Waals surface area contributed by atoms with Crippen molar-refractivity contribution in [2.75, 3.05) is 13.7 Å². The van der Waals surface area contributed by atoms with Crippen molar-refractivity contribution in [3.05, 3.63) is 76.1 Å². The Bertz CT molecular complexity index is 1330.